The number of amides is 1. The molecule has 0 N–H and O–H groups in total. The van der Waals surface area contributed by atoms with Crippen molar-refractivity contribution in [3.05, 3.63) is 83.7 Å². The molecule has 0 saturated heterocycles. The van der Waals surface area contributed by atoms with Gasteiger partial charge in [-0.15, -0.1) is 0 Å². The first-order valence-corrected chi connectivity index (χ1v) is 13.8. The number of anilines is 1. The lowest BCUT2D eigenvalue weighted by Crippen LogP contribution is -2.33. The van der Waals surface area contributed by atoms with Gasteiger partial charge in [-0.2, -0.15) is 14.8 Å². The van der Waals surface area contributed by atoms with E-state index in [1.54, 1.807) is 24.4 Å². The molecule has 2 heterocycles. The molecule has 4 rings (SSSR count). The lowest BCUT2D eigenvalue weighted by atomic mass is 10.2. The number of aromatic nitrogens is 2. The average molecular weight is 567 g/mol. The van der Waals surface area contributed by atoms with Crippen molar-refractivity contribution < 1.29 is 22.0 Å². The highest BCUT2D eigenvalue weighted by Gasteiger charge is 2.26. The molecule has 4 aromatic rings. The molecule has 2 aromatic heterocycles. The Balaban J connectivity index is 1.68. The summed E-state index contributed by atoms with van der Waals surface area (Å²) in [6.07, 6.45) is 1.46. The SMILES string of the molecule is N#CCCN(CCC#N)S(=O)(=O)c1ccc(C(=O)N(Cc2ccccn2)c2nc3c(F)cc(F)cc3s2)cc1. The number of nitriles is 2. The van der Waals surface area contributed by atoms with Crippen LogP contribution in [-0.2, 0) is 16.6 Å². The van der Waals surface area contributed by atoms with E-state index >= 15 is 0 Å². The number of carbonyl (C=O) groups excluding carboxylic acids is 1. The van der Waals surface area contributed by atoms with Crippen molar-refractivity contribution in [2.24, 2.45) is 0 Å². The maximum atomic E-state index is 14.3. The second-order valence-corrected chi connectivity index (χ2v) is 11.1. The summed E-state index contributed by atoms with van der Waals surface area (Å²) in [6.45, 7) is -0.179. The van der Waals surface area contributed by atoms with Crippen LogP contribution in [0.4, 0.5) is 13.9 Å². The molecule has 13 heteroatoms. The quantitative estimate of drug-likeness (QED) is 0.273. The number of fused-ring (bicyclic) bond motifs is 1. The fraction of sp³-hybridized carbons (Fsp3) is 0.192. The molecule has 2 aromatic carbocycles. The van der Waals surface area contributed by atoms with Gasteiger partial charge in [0, 0.05) is 43.8 Å². The predicted molar refractivity (Wildman–Crippen MR) is 140 cm³/mol. The molecule has 39 heavy (non-hydrogen) atoms. The highest BCUT2D eigenvalue weighted by atomic mass is 32.2. The zero-order valence-corrected chi connectivity index (χ0v) is 21.9. The minimum absolute atomic E-state index is 0.0280. The number of sulfonamides is 1. The summed E-state index contributed by atoms with van der Waals surface area (Å²) in [6, 6.07) is 16.0. The van der Waals surface area contributed by atoms with Crippen LogP contribution in [0.3, 0.4) is 0 Å². The molecular weight excluding hydrogens is 546 g/mol. The summed E-state index contributed by atoms with van der Waals surface area (Å²) in [5.41, 5.74) is 0.560. The van der Waals surface area contributed by atoms with Crippen molar-refractivity contribution in [1.82, 2.24) is 14.3 Å². The average Bonchev–Trinajstić information content (AvgIpc) is 3.36. The molecule has 0 saturated carbocycles. The van der Waals surface area contributed by atoms with Gasteiger partial charge in [-0.25, -0.2) is 22.2 Å². The molecular formula is C26H20F2N6O3S2. The smallest absolute Gasteiger partial charge is 0.260 e. The second kappa shape index (κ2) is 12.0. The Morgan fingerprint density at radius 2 is 1.69 bits per heavy atom. The summed E-state index contributed by atoms with van der Waals surface area (Å²) < 4.78 is 55.6. The highest BCUT2D eigenvalue weighted by Crippen LogP contribution is 2.33. The number of nitrogens with zero attached hydrogens (tertiary/aromatic N) is 6. The van der Waals surface area contributed by atoms with Crippen LogP contribution >= 0.6 is 11.3 Å². The van der Waals surface area contributed by atoms with E-state index in [1.807, 2.05) is 12.1 Å². The molecule has 0 spiro atoms. The van der Waals surface area contributed by atoms with Gasteiger partial charge in [0.05, 0.1) is 34.0 Å². The predicted octanol–water partition coefficient (Wildman–Crippen LogP) is 4.63. The minimum atomic E-state index is -4.03. The molecule has 0 radical (unpaired) electrons. The van der Waals surface area contributed by atoms with Crippen LogP contribution < -0.4 is 4.90 Å². The molecule has 0 atom stereocenters. The lowest BCUT2D eigenvalue weighted by Gasteiger charge is -2.21. The normalized spacial score (nSPS) is 11.3. The zero-order chi connectivity index (χ0) is 28.0. The fourth-order valence-electron chi connectivity index (χ4n) is 3.72. The molecule has 0 unspecified atom stereocenters. The highest BCUT2D eigenvalue weighted by molar-refractivity contribution is 7.89. The monoisotopic (exact) mass is 566 g/mol. The topological polar surface area (TPSA) is 131 Å². The first-order valence-electron chi connectivity index (χ1n) is 11.6. The Bertz CT molecular complexity index is 1660. The molecule has 0 aliphatic heterocycles. The molecule has 0 aliphatic carbocycles. The van der Waals surface area contributed by atoms with Crippen LogP contribution in [0.2, 0.25) is 0 Å². The van der Waals surface area contributed by atoms with Gasteiger partial charge in [-0.05, 0) is 42.5 Å². The first-order chi connectivity index (χ1) is 18.7. The van der Waals surface area contributed by atoms with Crippen LogP contribution in [0.1, 0.15) is 28.9 Å². The summed E-state index contributed by atoms with van der Waals surface area (Å²) in [5, 5.41) is 17.9. The Kier molecular flexibility index (Phi) is 8.56. The maximum Gasteiger partial charge on any atom is 0.260 e. The maximum absolute atomic E-state index is 14.3. The zero-order valence-electron chi connectivity index (χ0n) is 20.3. The Morgan fingerprint density at radius 1 is 1.00 bits per heavy atom. The molecule has 1 amide bonds. The third kappa shape index (κ3) is 6.23. The molecule has 0 fully saturated rings. The van der Waals surface area contributed by atoms with E-state index in [1.165, 1.54) is 29.2 Å². The number of carbonyl (C=O) groups is 1. The number of rotatable bonds is 10. The van der Waals surface area contributed by atoms with Crippen molar-refractivity contribution >= 4 is 42.6 Å². The largest absolute Gasteiger partial charge is 0.278 e. The molecule has 0 aliphatic rings. The number of benzene rings is 2. The van der Waals surface area contributed by atoms with Crippen molar-refractivity contribution in [3.8, 4) is 12.1 Å². The number of thiazole rings is 1. The van der Waals surface area contributed by atoms with Crippen LogP contribution in [0.5, 0.6) is 0 Å². The van der Waals surface area contributed by atoms with E-state index in [0.29, 0.717) is 11.8 Å². The lowest BCUT2D eigenvalue weighted by molar-refractivity contribution is 0.0984. The Labute approximate surface area is 227 Å². The van der Waals surface area contributed by atoms with Crippen molar-refractivity contribution in [2.75, 3.05) is 18.0 Å². The number of hydrogen-bond donors (Lipinski definition) is 0. The van der Waals surface area contributed by atoms with Gasteiger partial charge in [0.25, 0.3) is 5.91 Å². The van der Waals surface area contributed by atoms with E-state index in [9.17, 15) is 22.0 Å². The number of halogens is 2. The van der Waals surface area contributed by atoms with Crippen LogP contribution in [-0.4, -0.2) is 41.7 Å². The van der Waals surface area contributed by atoms with Gasteiger partial charge in [-0.1, -0.05) is 17.4 Å². The van der Waals surface area contributed by atoms with Crippen LogP contribution in [0.25, 0.3) is 10.2 Å². The number of pyridine rings is 1. The van der Waals surface area contributed by atoms with Crippen molar-refractivity contribution in [2.45, 2.75) is 24.3 Å². The third-order valence-corrected chi connectivity index (χ3v) is 8.55. The van der Waals surface area contributed by atoms with E-state index in [-0.39, 0.29) is 58.3 Å². The summed E-state index contributed by atoms with van der Waals surface area (Å²) >= 11 is 0.933. The van der Waals surface area contributed by atoms with Gasteiger partial charge < -0.3 is 0 Å². The van der Waals surface area contributed by atoms with Gasteiger partial charge in [-0.3, -0.25) is 14.7 Å². The van der Waals surface area contributed by atoms with Crippen LogP contribution in [0, 0.1) is 34.3 Å². The van der Waals surface area contributed by atoms with E-state index in [2.05, 4.69) is 9.97 Å². The van der Waals surface area contributed by atoms with E-state index in [0.717, 1.165) is 21.7 Å². The van der Waals surface area contributed by atoms with E-state index in [4.69, 9.17) is 10.5 Å². The summed E-state index contributed by atoms with van der Waals surface area (Å²) in [4.78, 5) is 23.2. The van der Waals surface area contributed by atoms with Gasteiger partial charge in [0.15, 0.2) is 10.9 Å². The molecule has 198 valence electrons. The third-order valence-electron chi connectivity index (χ3n) is 5.61. The molecule has 0 bridgehead atoms. The van der Waals surface area contributed by atoms with Gasteiger partial charge in [0.1, 0.15) is 11.3 Å². The summed E-state index contributed by atoms with van der Waals surface area (Å²) in [7, 11) is -4.03. The van der Waals surface area contributed by atoms with Gasteiger partial charge >= 0.3 is 0 Å². The minimum Gasteiger partial charge on any atom is -0.278 e. The standard InChI is InChI=1S/C26H20F2N6O3S2/c27-19-15-22(28)24-23(16-19)38-26(32-24)34(17-20-5-1-2-12-31-20)25(35)18-6-8-21(9-7-18)39(36,37)33(13-3-10-29)14-4-11-30/h1-2,5-9,12,15-16H,3-4,13-14,17H2. The first kappa shape index (κ1) is 27.7. The van der Waals surface area contributed by atoms with E-state index < -0.39 is 27.6 Å². The van der Waals surface area contributed by atoms with Crippen molar-refractivity contribution in [1.29, 1.82) is 10.5 Å². The summed E-state index contributed by atoms with van der Waals surface area (Å²) in [5.74, 6) is -2.19. The van der Waals surface area contributed by atoms with Crippen LogP contribution in [0.15, 0.2) is 65.7 Å². The second-order valence-electron chi connectivity index (χ2n) is 8.19. The Morgan fingerprint density at radius 3 is 2.31 bits per heavy atom. The number of hydrogen-bond acceptors (Lipinski definition) is 8. The molecule has 9 nitrogen and oxygen atoms in total. The van der Waals surface area contributed by atoms with Crippen molar-refractivity contribution in [3.63, 3.8) is 0 Å². The Hall–Kier alpha value is -4.30. The fourth-order valence-corrected chi connectivity index (χ4v) is 6.16. The van der Waals surface area contributed by atoms with Gasteiger partial charge in [0.2, 0.25) is 10.0 Å².